The average molecular weight is 227 g/mol. The SMILES string of the molecule is Cc1ccccc1-c1ncc2n1CCC(N)C2. The zero-order valence-corrected chi connectivity index (χ0v) is 10.1. The van der Waals surface area contributed by atoms with E-state index in [1.165, 1.54) is 16.8 Å². The van der Waals surface area contributed by atoms with Gasteiger partial charge >= 0.3 is 0 Å². The third kappa shape index (κ3) is 1.76. The molecule has 0 bridgehead atoms. The molecule has 0 amide bonds. The van der Waals surface area contributed by atoms with Crippen molar-refractivity contribution in [2.75, 3.05) is 0 Å². The standard InChI is InChI=1S/C14H17N3/c1-10-4-2-3-5-13(10)14-16-9-12-8-11(15)6-7-17(12)14/h2-5,9,11H,6-8,15H2,1H3. The summed E-state index contributed by atoms with van der Waals surface area (Å²) in [5.41, 5.74) is 9.76. The Morgan fingerprint density at radius 3 is 3.00 bits per heavy atom. The number of nitrogens with two attached hydrogens (primary N) is 1. The normalized spacial score (nSPS) is 19.1. The predicted molar refractivity (Wildman–Crippen MR) is 68.7 cm³/mol. The highest BCUT2D eigenvalue weighted by Crippen LogP contribution is 2.26. The van der Waals surface area contributed by atoms with E-state index in [-0.39, 0.29) is 0 Å². The lowest BCUT2D eigenvalue weighted by Gasteiger charge is -2.22. The molecule has 2 N–H and O–H groups in total. The summed E-state index contributed by atoms with van der Waals surface area (Å²) in [6.07, 6.45) is 3.96. The quantitative estimate of drug-likeness (QED) is 0.811. The Bertz CT molecular complexity index is 542. The molecule has 0 fully saturated rings. The number of aromatic nitrogens is 2. The van der Waals surface area contributed by atoms with Gasteiger partial charge in [-0.2, -0.15) is 0 Å². The molecule has 1 unspecified atom stereocenters. The molecular formula is C14H17N3. The Morgan fingerprint density at radius 2 is 2.18 bits per heavy atom. The largest absolute Gasteiger partial charge is 0.328 e. The van der Waals surface area contributed by atoms with Crippen molar-refractivity contribution in [2.24, 2.45) is 5.73 Å². The first-order valence-corrected chi connectivity index (χ1v) is 6.11. The fourth-order valence-electron chi connectivity index (χ4n) is 2.53. The van der Waals surface area contributed by atoms with Gasteiger partial charge in [-0.15, -0.1) is 0 Å². The highest BCUT2D eigenvalue weighted by molar-refractivity contribution is 5.60. The van der Waals surface area contributed by atoms with E-state index >= 15 is 0 Å². The fourth-order valence-corrected chi connectivity index (χ4v) is 2.53. The van der Waals surface area contributed by atoms with Crippen molar-refractivity contribution in [3.63, 3.8) is 0 Å². The Labute approximate surface area is 101 Å². The Hall–Kier alpha value is -1.61. The minimum atomic E-state index is 0.295. The van der Waals surface area contributed by atoms with Gasteiger partial charge in [0.2, 0.25) is 0 Å². The molecule has 2 heterocycles. The summed E-state index contributed by atoms with van der Waals surface area (Å²) in [7, 11) is 0. The first-order valence-electron chi connectivity index (χ1n) is 6.11. The molecule has 1 atom stereocenters. The monoisotopic (exact) mass is 227 g/mol. The molecule has 88 valence electrons. The summed E-state index contributed by atoms with van der Waals surface area (Å²) in [5.74, 6) is 1.09. The summed E-state index contributed by atoms with van der Waals surface area (Å²) in [4.78, 5) is 4.57. The minimum Gasteiger partial charge on any atom is -0.328 e. The topological polar surface area (TPSA) is 43.8 Å². The number of aryl methyl sites for hydroxylation is 1. The maximum Gasteiger partial charge on any atom is 0.140 e. The highest BCUT2D eigenvalue weighted by Gasteiger charge is 2.19. The van der Waals surface area contributed by atoms with Crippen molar-refractivity contribution in [1.82, 2.24) is 9.55 Å². The summed E-state index contributed by atoms with van der Waals surface area (Å²) in [6, 6.07) is 8.70. The molecule has 1 aromatic heterocycles. The van der Waals surface area contributed by atoms with Crippen LogP contribution in [0.25, 0.3) is 11.4 Å². The maximum absolute atomic E-state index is 5.99. The van der Waals surface area contributed by atoms with Crippen molar-refractivity contribution < 1.29 is 0 Å². The van der Waals surface area contributed by atoms with Gasteiger partial charge in [-0.1, -0.05) is 24.3 Å². The number of fused-ring (bicyclic) bond motifs is 1. The maximum atomic E-state index is 5.99. The van der Waals surface area contributed by atoms with Crippen LogP contribution >= 0.6 is 0 Å². The Kier molecular flexibility index (Phi) is 2.48. The number of nitrogens with zero attached hydrogens (tertiary/aromatic N) is 2. The van der Waals surface area contributed by atoms with Crippen LogP contribution in [0.4, 0.5) is 0 Å². The van der Waals surface area contributed by atoms with E-state index in [2.05, 4.69) is 40.7 Å². The smallest absolute Gasteiger partial charge is 0.140 e. The second-order valence-corrected chi connectivity index (χ2v) is 4.79. The van der Waals surface area contributed by atoms with Crippen LogP contribution in [0.1, 0.15) is 17.7 Å². The lowest BCUT2D eigenvalue weighted by molar-refractivity contribution is 0.474. The molecule has 2 aromatic rings. The van der Waals surface area contributed by atoms with E-state index in [1.807, 2.05) is 6.20 Å². The van der Waals surface area contributed by atoms with Crippen LogP contribution in [-0.2, 0) is 13.0 Å². The minimum absolute atomic E-state index is 0.295. The first kappa shape index (κ1) is 10.5. The van der Waals surface area contributed by atoms with Crippen LogP contribution in [0.3, 0.4) is 0 Å². The van der Waals surface area contributed by atoms with Crippen molar-refractivity contribution in [1.29, 1.82) is 0 Å². The van der Waals surface area contributed by atoms with Gasteiger partial charge < -0.3 is 10.3 Å². The van der Waals surface area contributed by atoms with Crippen LogP contribution in [0, 0.1) is 6.92 Å². The van der Waals surface area contributed by atoms with Gasteiger partial charge in [0.1, 0.15) is 5.82 Å². The van der Waals surface area contributed by atoms with Gasteiger partial charge in [-0.25, -0.2) is 4.98 Å². The number of rotatable bonds is 1. The molecule has 3 heteroatoms. The molecule has 3 nitrogen and oxygen atoms in total. The van der Waals surface area contributed by atoms with Gasteiger partial charge in [0.15, 0.2) is 0 Å². The van der Waals surface area contributed by atoms with E-state index in [4.69, 9.17) is 5.73 Å². The molecule has 0 aliphatic carbocycles. The van der Waals surface area contributed by atoms with Crippen LogP contribution in [0.2, 0.25) is 0 Å². The zero-order valence-electron chi connectivity index (χ0n) is 10.1. The Morgan fingerprint density at radius 1 is 1.35 bits per heavy atom. The summed E-state index contributed by atoms with van der Waals surface area (Å²) in [5, 5.41) is 0. The van der Waals surface area contributed by atoms with Crippen LogP contribution < -0.4 is 5.73 Å². The fraction of sp³-hybridized carbons (Fsp3) is 0.357. The average Bonchev–Trinajstić information content (AvgIpc) is 2.72. The van der Waals surface area contributed by atoms with Gasteiger partial charge in [-0.3, -0.25) is 0 Å². The summed E-state index contributed by atoms with van der Waals surface area (Å²) in [6.45, 7) is 3.12. The lowest BCUT2D eigenvalue weighted by Crippen LogP contribution is -2.30. The number of benzene rings is 1. The highest BCUT2D eigenvalue weighted by atomic mass is 15.1. The van der Waals surface area contributed by atoms with E-state index < -0.39 is 0 Å². The number of imidazole rings is 1. The van der Waals surface area contributed by atoms with E-state index in [1.54, 1.807) is 0 Å². The molecule has 3 rings (SSSR count). The predicted octanol–water partition coefficient (Wildman–Crippen LogP) is 2.13. The van der Waals surface area contributed by atoms with E-state index in [0.29, 0.717) is 6.04 Å². The van der Waals surface area contributed by atoms with Crippen molar-refractivity contribution in [3.05, 3.63) is 41.7 Å². The third-order valence-electron chi connectivity index (χ3n) is 3.52. The molecule has 1 aliphatic rings. The first-order chi connectivity index (χ1) is 8.25. The van der Waals surface area contributed by atoms with E-state index in [9.17, 15) is 0 Å². The van der Waals surface area contributed by atoms with Crippen LogP contribution in [0.15, 0.2) is 30.5 Å². The molecule has 1 aliphatic heterocycles. The Balaban J connectivity index is 2.09. The lowest BCUT2D eigenvalue weighted by atomic mass is 10.0. The molecular weight excluding hydrogens is 210 g/mol. The van der Waals surface area contributed by atoms with Crippen molar-refractivity contribution in [3.8, 4) is 11.4 Å². The third-order valence-corrected chi connectivity index (χ3v) is 3.52. The van der Waals surface area contributed by atoms with Gasteiger partial charge in [0, 0.05) is 36.5 Å². The number of hydrogen-bond donors (Lipinski definition) is 1. The molecule has 0 saturated heterocycles. The molecule has 1 aromatic carbocycles. The zero-order chi connectivity index (χ0) is 11.8. The molecule has 0 saturated carbocycles. The van der Waals surface area contributed by atoms with Crippen molar-refractivity contribution >= 4 is 0 Å². The number of hydrogen-bond acceptors (Lipinski definition) is 2. The molecule has 17 heavy (non-hydrogen) atoms. The van der Waals surface area contributed by atoms with Crippen LogP contribution in [0.5, 0.6) is 0 Å². The molecule has 0 radical (unpaired) electrons. The summed E-state index contributed by atoms with van der Waals surface area (Å²) >= 11 is 0. The van der Waals surface area contributed by atoms with E-state index in [0.717, 1.165) is 25.2 Å². The second-order valence-electron chi connectivity index (χ2n) is 4.79. The van der Waals surface area contributed by atoms with Gasteiger partial charge in [0.25, 0.3) is 0 Å². The van der Waals surface area contributed by atoms with Crippen molar-refractivity contribution in [2.45, 2.75) is 32.4 Å². The molecule has 0 spiro atoms. The van der Waals surface area contributed by atoms with Gasteiger partial charge in [-0.05, 0) is 18.9 Å². The summed E-state index contributed by atoms with van der Waals surface area (Å²) < 4.78 is 2.31. The van der Waals surface area contributed by atoms with Crippen LogP contribution in [-0.4, -0.2) is 15.6 Å². The second kappa shape index (κ2) is 4.00. The van der Waals surface area contributed by atoms with Gasteiger partial charge in [0.05, 0.1) is 0 Å².